The fraction of sp³-hybridized carbons (Fsp3) is 0.538. The Kier molecular flexibility index (Phi) is 4.27. The molecule has 0 saturated heterocycles. The first-order valence-corrected chi connectivity index (χ1v) is 11.3. The molecule has 0 aliphatic rings. The molecule has 0 N–H and O–H groups in total. The zero-order valence-corrected chi connectivity index (χ0v) is 14.6. The van der Waals surface area contributed by atoms with Gasteiger partial charge in [0.1, 0.15) is 17.5 Å². The predicted molar refractivity (Wildman–Crippen MR) is 91.0 cm³/mol. The smallest absolute Gasteiger partial charge is 0.225 e. The third-order valence-corrected chi connectivity index (χ3v) is 5.33. The van der Waals surface area contributed by atoms with Gasteiger partial charge in [0.05, 0.1) is 12.0 Å². The Balaban J connectivity index is 2.04. The summed E-state index contributed by atoms with van der Waals surface area (Å²) in [5.41, 5.74) is 0.702. The number of fused-ring (bicyclic) bond motifs is 1. The van der Waals surface area contributed by atoms with E-state index in [0.29, 0.717) is 17.5 Å². The summed E-state index contributed by atoms with van der Waals surface area (Å²) in [6.07, 6.45) is 11.2. The molecule has 0 amide bonds. The van der Waals surface area contributed by atoms with E-state index >= 15 is 0 Å². The fourth-order valence-corrected chi connectivity index (χ4v) is 3.00. The third-order valence-electron chi connectivity index (χ3n) is 2.91. The van der Waals surface area contributed by atoms with Gasteiger partial charge in [-0.3, -0.25) is 9.16 Å². The number of thiol groups is 1. The Morgan fingerprint density at radius 1 is 1.20 bits per heavy atom. The summed E-state index contributed by atoms with van der Waals surface area (Å²) in [5.74, 6) is 1.10. The van der Waals surface area contributed by atoms with Crippen molar-refractivity contribution in [3.63, 3.8) is 0 Å². The molecule has 0 radical (unpaired) electrons. The molecule has 0 fully saturated rings. The molecule has 0 spiro atoms. The first kappa shape index (κ1) is 15.9. The lowest BCUT2D eigenvalue weighted by Gasteiger charge is -2.46. The largest absolute Gasteiger partial charge is 0.360 e. The van der Waals surface area contributed by atoms with Gasteiger partial charge in [-0.25, -0.2) is 4.98 Å². The molecule has 7 heteroatoms. The summed E-state index contributed by atoms with van der Waals surface area (Å²) >= 11 is 11.9. The van der Waals surface area contributed by atoms with Gasteiger partial charge < -0.3 is 9.30 Å². The maximum atomic E-state index is 6.03. The molecule has 2 aromatic rings. The SMILES string of the molecule is C[SH](C)(C)(C)CCOCn1ccc2c(Cl)nc(Cl)nc21. The Morgan fingerprint density at radius 2 is 1.90 bits per heavy atom. The second kappa shape index (κ2) is 5.37. The molecule has 2 heterocycles. The molecule has 0 aliphatic carbocycles. The lowest BCUT2D eigenvalue weighted by Crippen LogP contribution is -2.19. The van der Waals surface area contributed by atoms with Gasteiger partial charge in [-0.05, 0) is 48.4 Å². The molecule has 0 aromatic carbocycles. The molecule has 0 unspecified atom stereocenters. The van der Waals surface area contributed by atoms with Crippen LogP contribution in [0.2, 0.25) is 10.4 Å². The third kappa shape index (κ3) is 4.25. The van der Waals surface area contributed by atoms with Gasteiger partial charge in [0.15, 0.2) is 0 Å². The van der Waals surface area contributed by atoms with E-state index in [2.05, 4.69) is 35.0 Å². The van der Waals surface area contributed by atoms with Gasteiger partial charge in [0.2, 0.25) is 5.28 Å². The molecule has 4 nitrogen and oxygen atoms in total. The quantitative estimate of drug-likeness (QED) is 0.394. The predicted octanol–water partition coefficient (Wildman–Crippen LogP) is 3.30. The van der Waals surface area contributed by atoms with Crippen molar-refractivity contribution in [3.05, 3.63) is 22.7 Å². The number of hydrogen-bond acceptors (Lipinski definition) is 3. The average molecular weight is 338 g/mol. The van der Waals surface area contributed by atoms with Crippen LogP contribution in [0.1, 0.15) is 0 Å². The normalized spacial score (nSPS) is 14.4. The lowest BCUT2D eigenvalue weighted by atomic mass is 10.4. The van der Waals surface area contributed by atoms with Crippen molar-refractivity contribution in [2.24, 2.45) is 0 Å². The minimum absolute atomic E-state index is 0.150. The maximum absolute atomic E-state index is 6.03. The second-order valence-corrected chi connectivity index (χ2v) is 16.1. The Hall–Kier alpha value is -0.490. The maximum Gasteiger partial charge on any atom is 0.225 e. The topological polar surface area (TPSA) is 39.9 Å². The van der Waals surface area contributed by atoms with Gasteiger partial charge >= 0.3 is 0 Å². The molecule has 2 aromatic heterocycles. The van der Waals surface area contributed by atoms with Crippen molar-refractivity contribution in [3.8, 4) is 0 Å². The first-order chi connectivity index (χ1) is 9.12. The van der Waals surface area contributed by atoms with Crippen molar-refractivity contribution in [2.75, 3.05) is 37.4 Å². The minimum atomic E-state index is -1.51. The number of rotatable bonds is 5. The molecule has 20 heavy (non-hydrogen) atoms. The van der Waals surface area contributed by atoms with Crippen molar-refractivity contribution < 1.29 is 4.74 Å². The van der Waals surface area contributed by atoms with Gasteiger partial charge in [0, 0.05) is 6.20 Å². The number of halogens is 2. The number of ether oxygens (including phenoxy) is 1. The summed E-state index contributed by atoms with van der Waals surface area (Å²) in [6.45, 7) is 1.18. The Morgan fingerprint density at radius 3 is 2.55 bits per heavy atom. The van der Waals surface area contributed by atoms with Crippen LogP contribution in [0.3, 0.4) is 0 Å². The second-order valence-electron chi connectivity index (χ2n) is 7.02. The number of nitrogens with zero attached hydrogens (tertiary/aromatic N) is 3. The highest BCUT2D eigenvalue weighted by atomic mass is 35.5. The van der Waals surface area contributed by atoms with Crippen molar-refractivity contribution >= 4 is 43.4 Å². The van der Waals surface area contributed by atoms with Crippen molar-refractivity contribution in [1.29, 1.82) is 0 Å². The number of aromatic nitrogens is 3. The van der Waals surface area contributed by atoms with Crippen LogP contribution >= 0.6 is 32.4 Å². The summed E-state index contributed by atoms with van der Waals surface area (Å²) in [7, 11) is -1.51. The highest BCUT2D eigenvalue weighted by Gasteiger charge is 2.18. The van der Waals surface area contributed by atoms with Crippen LogP contribution in [0.25, 0.3) is 11.0 Å². The van der Waals surface area contributed by atoms with E-state index in [9.17, 15) is 0 Å². The van der Waals surface area contributed by atoms with E-state index in [0.717, 1.165) is 17.7 Å². The minimum Gasteiger partial charge on any atom is -0.360 e. The van der Waals surface area contributed by atoms with E-state index in [4.69, 9.17) is 27.9 Å². The highest BCUT2D eigenvalue weighted by molar-refractivity contribution is 8.47. The van der Waals surface area contributed by atoms with Gasteiger partial charge in [-0.15, -0.1) is 0 Å². The Labute approximate surface area is 129 Å². The van der Waals surface area contributed by atoms with Gasteiger partial charge in [0.25, 0.3) is 0 Å². The summed E-state index contributed by atoms with van der Waals surface area (Å²) < 4.78 is 7.65. The molecular formula is C13H21Cl2N3OS. The van der Waals surface area contributed by atoms with Crippen LogP contribution in [0.5, 0.6) is 0 Å². The monoisotopic (exact) mass is 337 g/mol. The highest BCUT2D eigenvalue weighted by Crippen LogP contribution is 2.54. The van der Waals surface area contributed by atoms with Crippen LogP contribution in [-0.4, -0.2) is 51.9 Å². The Bertz CT molecular complexity index is 624. The molecule has 0 atom stereocenters. The van der Waals surface area contributed by atoms with Gasteiger partial charge in [-0.2, -0.15) is 4.98 Å². The molecule has 2 rings (SSSR count). The van der Waals surface area contributed by atoms with Crippen molar-refractivity contribution in [1.82, 2.24) is 14.5 Å². The lowest BCUT2D eigenvalue weighted by molar-refractivity contribution is 0.0922. The molecule has 0 saturated carbocycles. The zero-order chi connectivity index (χ0) is 15.0. The van der Waals surface area contributed by atoms with Crippen molar-refractivity contribution in [2.45, 2.75) is 6.73 Å². The zero-order valence-electron chi connectivity index (χ0n) is 12.2. The summed E-state index contributed by atoms with van der Waals surface area (Å²) in [6, 6.07) is 1.87. The van der Waals surface area contributed by atoms with Crippen LogP contribution < -0.4 is 0 Å². The van der Waals surface area contributed by atoms with Gasteiger partial charge in [-0.1, -0.05) is 11.6 Å². The fourth-order valence-electron chi connectivity index (χ4n) is 1.70. The van der Waals surface area contributed by atoms with Crippen LogP contribution in [-0.2, 0) is 11.5 Å². The average Bonchev–Trinajstić information content (AvgIpc) is 2.65. The summed E-state index contributed by atoms with van der Waals surface area (Å²) in [5, 5.41) is 1.31. The molecule has 0 bridgehead atoms. The van der Waals surface area contributed by atoms with E-state index in [-0.39, 0.29) is 5.28 Å². The molecule has 0 aliphatic heterocycles. The molecule has 114 valence electrons. The van der Waals surface area contributed by atoms with Crippen LogP contribution in [0, 0.1) is 0 Å². The van der Waals surface area contributed by atoms with E-state index in [1.54, 1.807) is 0 Å². The van der Waals surface area contributed by atoms with E-state index in [1.807, 2.05) is 16.8 Å². The number of hydrogen-bond donors (Lipinski definition) is 1. The standard InChI is InChI=1S/C13H21Cl2N3OS/c1-20(2,3,4)8-7-19-9-18-6-5-10-11(14)16-13(15)17-12(10)18/h5-6,20H,7-9H2,1-4H3. The van der Waals surface area contributed by atoms with E-state index in [1.165, 1.54) is 0 Å². The molecular weight excluding hydrogens is 317 g/mol. The van der Waals surface area contributed by atoms with Crippen LogP contribution in [0.15, 0.2) is 12.3 Å². The van der Waals surface area contributed by atoms with Crippen LogP contribution in [0.4, 0.5) is 0 Å². The first-order valence-electron chi connectivity index (χ1n) is 6.37. The van der Waals surface area contributed by atoms with E-state index < -0.39 is 9.16 Å². The summed E-state index contributed by atoms with van der Waals surface area (Å²) in [4.78, 5) is 8.12.